The van der Waals surface area contributed by atoms with Crippen LogP contribution in [0.3, 0.4) is 0 Å². The molecule has 0 bridgehead atoms. The highest BCUT2D eigenvalue weighted by molar-refractivity contribution is 7.13. The molecule has 0 aliphatic carbocycles. The molecule has 0 spiro atoms. The van der Waals surface area contributed by atoms with Crippen LogP contribution in [-0.2, 0) is 0 Å². The smallest absolute Gasteiger partial charge is 0.343 e. The number of para-hydroxylation sites is 1. The predicted molar refractivity (Wildman–Crippen MR) is 83.4 cm³/mol. The lowest BCUT2D eigenvalue weighted by atomic mass is 10.1. The van der Waals surface area contributed by atoms with Crippen molar-refractivity contribution in [2.24, 2.45) is 0 Å². The number of carbonyl (C=O) groups excluding carboxylic acids is 1. The van der Waals surface area contributed by atoms with Crippen LogP contribution in [0.15, 0.2) is 60.0 Å². The minimum absolute atomic E-state index is 0.397. The van der Waals surface area contributed by atoms with Crippen LogP contribution in [0.25, 0.3) is 11.3 Å². The zero-order chi connectivity index (χ0) is 14.7. The lowest BCUT2D eigenvalue weighted by Gasteiger charge is -2.08. The summed E-state index contributed by atoms with van der Waals surface area (Å²) in [5, 5.41) is 2.32. The van der Waals surface area contributed by atoms with Crippen LogP contribution in [-0.4, -0.2) is 11.0 Å². The third-order valence-electron chi connectivity index (χ3n) is 2.90. The molecule has 0 fully saturated rings. The summed E-state index contributed by atoms with van der Waals surface area (Å²) in [5.41, 5.74) is 7.61. The van der Waals surface area contributed by atoms with Crippen LogP contribution in [0.2, 0.25) is 0 Å². The average molecular weight is 296 g/mol. The SMILES string of the molecule is Nc1nc(-c2ccccc2OC(=O)c2ccccc2)cs1. The molecular weight excluding hydrogens is 284 g/mol. The third-order valence-corrected chi connectivity index (χ3v) is 3.57. The van der Waals surface area contributed by atoms with Gasteiger partial charge in [0.2, 0.25) is 0 Å². The van der Waals surface area contributed by atoms with Crippen LogP contribution in [0.4, 0.5) is 5.13 Å². The molecule has 0 atom stereocenters. The first-order valence-electron chi connectivity index (χ1n) is 6.31. The van der Waals surface area contributed by atoms with Gasteiger partial charge in [0, 0.05) is 10.9 Å². The Morgan fingerprint density at radius 3 is 2.48 bits per heavy atom. The summed E-state index contributed by atoms with van der Waals surface area (Å²) < 4.78 is 5.48. The number of anilines is 1. The normalized spacial score (nSPS) is 10.3. The molecule has 0 aliphatic rings. The number of rotatable bonds is 3. The van der Waals surface area contributed by atoms with Gasteiger partial charge in [-0.3, -0.25) is 0 Å². The number of nitrogen functional groups attached to an aromatic ring is 1. The van der Waals surface area contributed by atoms with E-state index in [1.165, 1.54) is 11.3 Å². The van der Waals surface area contributed by atoms with E-state index in [1.807, 2.05) is 29.6 Å². The Bertz CT molecular complexity index is 769. The van der Waals surface area contributed by atoms with Crippen molar-refractivity contribution in [3.63, 3.8) is 0 Å². The largest absolute Gasteiger partial charge is 0.422 e. The van der Waals surface area contributed by atoms with Crippen molar-refractivity contribution < 1.29 is 9.53 Å². The number of carbonyl (C=O) groups is 1. The minimum atomic E-state index is -0.397. The zero-order valence-corrected chi connectivity index (χ0v) is 11.8. The highest BCUT2D eigenvalue weighted by Gasteiger charge is 2.13. The number of nitrogens with two attached hydrogens (primary N) is 1. The van der Waals surface area contributed by atoms with Gasteiger partial charge in [-0.05, 0) is 24.3 Å². The van der Waals surface area contributed by atoms with Gasteiger partial charge in [0.25, 0.3) is 0 Å². The maximum atomic E-state index is 12.1. The molecule has 1 aromatic heterocycles. The van der Waals surface area contributed by atoms with Crippen molar-refractivity contribution in [1.82, 2.24) is 4.98 Å². The molecular formula is C16H12N2O2S. The van der Waals surface area contributed by atoms with E-state index in [4.69, 9.17) is 10.5 Å². The Kier molecular flexibility index (Phi) is 3.66. The van der Waals surface area contributed by atoms with Crippen molar-refractivity contribution in [3.8, 4) is 17.0 Å². The third kappa shape index (κ3) is 2.93. The molecule has 2 N–H and O–H groups in total. The zero-order valence-electron chi connectivity index (χ0n) is 11.0. The fraction of sp³-hybridized carbons (Fsp3) is 0. The van der Waals surface area contributed by atoms with E-state index in [1.54, 1.807) is 30.3 Å². The molecule has 21 heavy (non-hydrogen) atoms. The lowest BCUT2D eigenvalue weighted by Crippen LogP contribution is -2.08. The molecule has 104 valence electrons. The van der Waals surface area contributed by atoms with Crippen molar-refractivity contribution in [2.75, 3.05) is 5.73 Å². The van der Waals surface area contributed by atoms with Gasteiger partial charge in [-0.2, -0.15) is 0 Å². The van der Waals surface area contributed by atoms with E-state index < -0.39 is 5.97 Å². The summed E-state index contributed by atoms with van der Waals surface area (Å²) in [6, 6.07) is 16.1. The van der Waals surface area contributed by atoms with E-state index in [-0.39, 0.29) is 0 Å². The monoisotopic (exact) mass is 296 g/mol. The molecule has 0 saturated heterocycles. The number of aromatic nitrogens is 1. The van der Waals surface area contributed by atoms with E-state index in [2.05, 4.69) is 4.98 Å². The number of ether oxygens (including phenoxy) is 1. The Labute approximate surface area is 125 Å². The molecule has 5 heteroatoms. The molecule has 2 aromatic carbocycles. The first-order valence-corrected chi connectivity index (χ1v) is 7.19. The standard InChI is InChI=1S/C16H12N2O2S/c17-16-18-13(10-21-16)12-8-4-5-9-14(12)20-15(19)11-6-2-1-3-7-11/h1-10H,(H2,17,18). The number of hydrogen-bond donors (Lipinski definition) is 1. The van der Waals surface area contributed by atoms with Crippen molar-refractivity contribution in [3.05, 3.63) is 65.5 Å². The van der Waals surface area contributed by atoms with Gasteiger partial charge in [0.1, 0.15) is 5.75 Å². The highest BCUT2D eigenvalue weighted by atomic mass is 32.1. The van der Waals surface area contributed by atoms with Gasteiger partial charge in [0.05, 0.1) is 11.3 Å². The number of nitrogens with zero attached hydrogens (tertiary/aromatic N) is 1. The Hall–Kier alpha value is -2.66. The maximum Gasteiger partial charge on any atom is 0.343 e. The van der Waals surface area contributed by atoms with Crippen LogP contribution in [0, 0.1) is 0 Å². The second-order valence-corrected chi connectivity index (χ2v) is 5.21. The molecule has 3 rings (SSSR count). The molecule has 3 aromatic rings. The van der Waals surface area contributed by atoms with Gasteiger partial charge in [-0.15, -0.1) is 11.3 Å². The van der Waals surface area contributed by atoms with Gasteiger partial charge in [-0.1, -0.05) is 30.3 Å². The summed E-state index contributed by atoms with van der Waals surface area (Å²) in [7, 11) is 0. The first kappa shape index (κ1) is 13.3. The highest BCUT2D eigenvalue weighted by Crippen LogP contribution is 2.31. The van der Waals surface area contributed by atoms with Gasteiger partial charge in [-0.25, -0.2) is 9.78 Å². The lowest BCUT2D eigenvalue weighted by molar-refractivity contribution is 0.0735. The topological polar surface area (TPSA) is 65.2 Å². The summed E-state index contributed by atoms with van der Waals surface area (Å²) in [6.07, 6.45) is 0. The summed E-state index contributed by atoms with van der Waals surface area (Å²) in [5.74, 6) is 0.0721. The fourth-order valence-electron chi connectivity index (χ4n) is 1.91. The number of benzene rings is 2. The summed E-state index contributed by atoms with van der Waals surface area (Å²) >= 11 is 1.35. The molecule has 0 radical (unpaired) electrons. The summed E-state index contributed by atoms with van der Waals surface area (Å²) in [4.78, 5) is 16.4. The van der Waals surface area contributed by atoms with E-state index in [0.29, 0.717) is 22.1 Å². The van der Waals surface area contributed by atoms with Crippen LogP contribution in [0.1, 0.15) is 10.4 Å². The number of esters is 1. The second-order valence-electron chi connectivity index (χ2n) is 4.32. The molecule has 0 unspecified atom stereocenters. The van der Waals surface area contributed by atoms with Crippen LogP contribution in [0.5, 0.6) is 5.75 Å². The van der Waals surface area contributed by atoms with Crippen LogP contribution >= 0.6 is 11.3 Å². The molecule has 0 amide bonds. The Morgan fingerprint density at radius 1 is 1.05 bits per heavy atom. The van der Waals surface area contributed by atoms with Gasteiger partial charge in [0.15, 0.2) is 5.13 Å². The van der Waals surface area contributed by atoms with Crippen molar-refractivity contribution in [1.29, 1.82) is 0 Å². The molecule has 4 nitrogen and oxygen atoms in total. The van der Waals surface area contributed by atoms with Gasteiger partial charge < -0.3 is 10.5 Å². The molecule has 0 saturated carbocycles. The number of thiazole rings is 1. The molecule has 1 heterocycles. The number of hydrogen-bond acceptors (Lipinski definition) is 5. The quantitative estimate of drug-likeness (QED) is 0.592. The second kappa shape index (κ2) is 5.76. The predicted octanol–water partition coefficient (Wildman–Crippen LogP) is 3.61. The van der Waals surface area contributed by atoms with E-state index >= 15 is 0 Å². The first-order chi connectivity index (χ1) is 10.2. The minimum Gasteiger partial charge on any atom is -0.422 e. The van der Waals surface area contributed by atoms with Gasteiger partial charge >= 0.3 is 5.97 Å². The van der Waals surface area contributed by atoms with E-state index in [0.717, 1.165) is 5.56 Å². The van der Waals surface area contributed by atoms with Crippen molar-refractivity contribution in [2.45, 2.75) is 0 Å². The fourth-order valence-corrected chi connectivity index (χ4v) is 2.47. The van der Waals surface area contributed by atoms with Crippen LogP contribution < -0.4 is 10.5 Å². The summed E-state index contributed by atoms with van der Waals surface area (Å²) in [6.45, 7) is 0. The molecule has 0 aliphatic heterocycles. The average Bonchev–Trinajstić information content (AvgIpc) is 2.95. The Balaban J connectivity index is 1.91. The maximum absolute atomic E-state index is 12.1. The Morgan fingerprint density at radius 2 is 1.76 bits per heavy atom. The van der Waals surface area contributed by atoms with Crippen molar-refractivity contribution >= 4 is 22.4 Å². The van der Waals surface area contributed by atoms with E-state index in [9.17, 15) is 4.79 Å².